The summed E-state index contributed by atoms with van der Waals surface area (Å²) in [5, 5.41) is 0. The zero-order valence-corrected chi connectivity index (χ0v) is 5.66. The molecule has 0 rings (SSSR count). The molecule has 0 heterocycles. The van der Waals surface area contributed by atoms with Crippen LogP contribution in [-0.4, -0.2) is 47.1 Å². The molecule has 0 aliphatic heterocycles. The molecule has 4 N–H and O–H groups in total. The van der Waals surface area contributed by atoms with E-state index in [1.165, 1.54) is 0 Å². The predicted molar refractivity (Wildman–Crippen MR) is 20.4 cm³/mol. The molecule has 7 heavy (non-hydrogen) atoms. The summed E-state index contributed by atoms with van der Waals surface area (Å²) in [5.74, 6) is 0. The van der Waals surface area contributed by atoms with Crippen LogP contribution in [0, 0.1) is 0 Å². The second-order valence-corrected chi connectivity index (χ2v) is 1.80. The van der Waals surface area contributed by atoms with Gasteiger partial charge in [-0.1, -0.05) is 0 Å². The summed E-state index contributed by atoms with van der Waals surface area (Å²) < 4.78 is 0. The van der Waals surface area contributed by atoms with Crippen LogP contribution < -0.4 is 0 Å². The van der Waals surface area contributed by atoms with Gasteiger partial charge < -0.3 is 19.2 Å². The van der Waals surface area contributed by atoms with Gasteiger partial charge in [0.25, 0.3) is 0 Å². The Labute approximate surface area is 64.0 Å². The summed E-state index contributed by atoms with van der Waals surface area (Å²) in [4.78, 5) is 29.3. The zero-order chi connectivity index (χ0) is 4.50. The van der Waals surface area contributed by atoms with Gasteiger partial charge in [0.05, 0.1) is 0 Å². The molecule has 0 bridgehead atoms. The molecule has 0 aliphatic rings. The molecule has 0 aromatic rings. The van der Waals surface area contributed by atoms with Crippen LogP contribution in [-0.2, 0) is 16.8 Å². The molecule has 0 spiro atoms. The van der Waals surface area contributed by atoms with Gasteiger partial charge in [-0.2, -0.15) is 0 Å². The SMILES string of the molecule is O[Si](O)(O)O.[Co].[Li]. The van der Waals surface area contributed by atoms with Crippen molar-refractivity contribution in [1.29, 1.82) is 0 Å². The van der Waals surface area contributed by atoms with E-state index in [9.17, 15) is 0 Å². The first kappa shape index (κ1) is 15.7. The van der Waals surface area contributed by atoms with Gasteiger partial charge in [-0.3, -0.25) is 0 Å². The molecular formula is H4CoLiO4Si. The van der Waals surface area contributed by atoms with Crippen molar-refractivity contribution in [3.8, 4) is 0 Å². The molecule has 0 unspecified atom stereocenters. The minimum Gasteiger partial charge on any atom is -0.368 e. The Kier molecular flexibility index (Phi) is 11.9. The molecular weight excluding hydrogens is 158 g/mol. The summed E-state index contributed by atoms with van der Waals surface area (Å²) >= 11 is 0. The minimum absolute atomic E-state index is 0. The smallest absolute Gasteiger partial charge is 0.368 e. The van der Waals surface area contributed by atoms with Crippen LogP contribution >= 0.6 is 0 Å². The van der Waals surface area contributed by atoms with E-state index in [0.29, 0.717) is 0 Å². The van der Waals surface area contributed by atoms with Gasteiger partial charge in [-0.25, -0.2) is 0 Å². The van der Waals surface area contributed by atoms with E-state index in [4.69, 9.17) is 19.2 Å². The Morgan fingerprint density at radius 1 is 0.857 bits per heavy atom. The van der Waals surface area contributed by atoms with Crippen molar-refractivity contribution >= 4 is 27.9 Å². The van der Waals surface area contributed by atoms with Gasteiger partial charge in [0.2, 0.25) is 0 Å². The molecule has 0 atom stereocenters. The van der Waals surface area contributed by atoms with Gasteiger partial charge in [-0.05, 0) is 0 Å². The van der Waals surface area contributed by atoms with Crippen LogP contribution in [0.4, 0.5) is 0 Å². The normalized spacial score (nSPS) is 8.57. The molecule has 0 amide bonds. The summed E-state index contributed by atoms with van der Waals surface area (Å²) in [6.45, 7) is 0. The van der Waals surface area contributed by atoms with Crippen molar-refractivity contribution in [2.24, 2.45) is 0 Å². The fourth-order valence-electron chi connectivity index (χ4n) is 0. The molecule has 42 valence electrons. The van der Waals surface area contributed by atoms with Crippen molar-refractivity contribution in [3.05, 3.63) is 0 Å². The maximum Gasteiger partial charge on any atom is 0.668 e. The standard InChI is InChI=1S/Co.Li.H4O4Si/c;;1-5(2,3)4/h;;1-4H. The first-order chi connectivity index (χ1) is 2.00. The second kappa shape index (κ2) is 5.30. The monoisotopic (exact) mass is 162 g/mol. The third-order valence-corrected chi connectivity index (χ3v) is 0. The molecule has 0 aromatic heterocycles. The van der Waals surface area contributed by atoms with E-state index >= 15 is 0 Å². The Balaban J connectivity index is -0.0000000800. The minimum atomic E-state index is -4.61. The maximum absolute atomic E-state index is 7.33. The van der Waals surface area contributed by atoms with Crippen molar-refractivity contribution < 1.29 is 36.0 Å². The Bertz CT molecular complexity index is 27.2. The Hall–Kier alpha value is 1.16. The van der Waals surface area contributed by atoms with Gasteiger partial charge in [0, 0.05) is 35.6 Å². The molecule has 0 aliphatic carbocycles. The maximum atomic E-state index is 7.33. The van der Waals surface area contributed by atoms with Gasteiger partial charge >= 0.3 is 9.05 Å². The average molecular weight is 162 g/mol. The predicted octanol–water partition coefficient (Wildman–Crippen LogP) is -2.99. The molecule has 0 fully saturated rings. The Morgan fingerprint density at radius 2 is 0.857 bits per heavy atom. The second-order valence-electron chi connectivity index (χ2n) is 0.600. The third-order valence-electron chi connectivity index (χ3n) is 0. The topological polar surface area (TPSA) is 80.9 Å². The fourth-order valence-corrected chi connectivity index (χ4v) is 0. The van der Waals surface area contributed by atoms with E-state index in [-0.39, 0.29) is 35.6 Å². The van der Waals surface area contributed by atoms with E-state index in [0.717, 1.165) is 0 Å². The Morgan fingerprint density at radius 3 is 0.857 bits per heavy atom. The molecule has 7 heteroatoms. The summed E-state index contributed by atoms with van der Waals surface area (Å²) in [6, 6.07) is 0. The van der Waals surface area contributed by atoms with E-state index < -0.39 is 9.05 Å². The summed E-state index contributed by atoms with van der Waals surface area (Å²) in [7, 11) is -4.61. The van der Waals surface area contributed by atoms with Crippen molar-refractivity contribution in [2.45, 2.75) is 0 Å². The molecule has 2 radical (unpaired) electrons. The summed E-state index contributed by atoms with van der Waals surface area (Å²) in [5.41, 5.74) is 0. The van der Waals surface area contributed by atoms with Crippen LogP contribution in [0.3, 0.4) is 0 Å². The van der Waals surface area contributed by atoms with E-state index in [2.05, 4.69) is 0 Å². The van der Waals surface area contributed by atoms with Crippen LogP contribution in [0.2, 0.25) is 0 Å². The van der Waals surface area contributed by atoms with Crippen LogP contribution in [0.15, 0.2) is 0 Å². The third kappa shape index (κ3) is 142. The molecule has 0 aromatic carbocycles. The quantitative estimate of drug-likeness (QED) is 0.286. The first-order valence-electron chi connectivity index (χ1n) is 0.894. The largest absolute Gasteiger partial charge is 0.668 e. The first-order valence-corrected chi connectivity index (χ1v) is 2.68. The van der Waals surface area contributed by atoms with Crippen molar-refractivity contribution in [3.63, 3.8) is 0 Å². The number of hydrogen-bond acceptors (Lipinski definition) is 4. The van der Waals surface area contributed by atoms with E-state index in [1.54, 1.807) is 0 Å². The van der Waals surface area contributed by atoms with Gasteiger partial charge in [-0.15, -0.1) is 0 Å². The van der Waals surface area contributed by atoms with Crippen molar-refractivity contribution in [1.82, 2.24) is 0 Å². The average Bonchev–Trinajstić information content (AvgIpc) is 0.722. The fraction of sp³-hybridized carbons (Fsp3) is 0. The zero-order valence-electron chi connectivity index (χ0n) is 3.62. The van der Waals surface area contributed by atoms with Crippen molar-refractivity contribution in [2.75, 3.05) is 0 Å². The number of hydrogen-bond donors (Lipinski definition) is 4. The van der Waals surface area contributed by atoms with Crippen LogP contribution in [0.1, 0.15) is 0 Å². The van der Waals surface area contributed by atoms with Crippen LogP contribution in [0.25, 0.3) is 0 Å². The van der Waals surface area contributed by atoms with Gasteiger partial charge in [0.15, 0.2) is 0 Å². The van der Waals surface area contributed by atoms with E-state index in [1.807, 2.05) is 0 Å². The summed E-state index contributed by atoms with van der Waals surface area (Å²) in [6.07, 6.45) is 0. The molecule has 0 saturated carbocycles. The molecule has 4 nitrogen and oxygen atoms in total. The number of rotatable bonds is 0. The van der Waals surface area contributed by atoms with Gasteiger partial charge in [0.1, 0.15) is 0 Å². The van der Waals surface area contributed by atoms with Crippen LogP contribution in [0.5, 0.6) is 0 Å². The molecule has 0 saturated heterocycles.